The Morgan fingerprint density at radius 3 is 1.82 bits per heavy atom. The number of esters is 2. The van der Waals surface area contributed by atoms with E-state index >= 15 is 0 Å². The van der Waals surface area contributed by atoms with Gasteiger partial charge in [-0.2, -0.15) is 0 Å². The number of anilines is 1. The maximum absolute atomic E-state index is 13.6. The molecule has 4 atom stereocenters. The third-order valence-corrected chi connectivity index (χ3v) is 7.63. The van der Waals surface area contributed by atoms with Crippen LogP contribution in [0.25, 0.3) is 0 Å². The van der Waals surface area contributed by atoms with E-state index in [0.29, 0.717) is 5.56 Å². The van der Waals surface area contributed by atoms with Gasteiger partial charge in [-0.3, -0.25) is 14.4 Å². The molecule has 0 spiro atoms. The highest BCUT2D eigenvalue weighted by Gasteiger charge is 2.57. The Labute approximate surface area is 235 Å². The third kappa shape index (κ3) is 6.59. The summed E-state index contributed by atoms with van der Waals surface area (Å²) in [6.07, 6.45) is -0.364. The number of Topliss-reactive ketones (excluding diaryl/α,β-unsaturated/α-hetero) is 1. The van der Waals surface area contributed by atoms with Crippen molar-refractivity contribution >= 4 is 23.4 Å². The quantitative estimate of drug-likeness (QED) is 0.282. The first-order valence-electron chi connectivity index (χ1n) is 13.8. The molecular formula is C33H37NO6. The van der Waals surface area contributed by atoms with Gasteiger partial charge in [-0.25, -0.2) is 0 Å². The molecule has 3 aromatic carbocycles. The fraction of sp³-hybridized carbons (Fsp3) is 0.364. The molecule has 1 saturated carbocycles. The molecule has 0 saturated heterocycles. The summed E-state index contributed by atoms with van der Waals surface area (Å²) in [6, 6.07) is 25.9. The van der Waals surface area contributed by atoms with Crippen molar-refractivity contribution in [2.75, 3.05) is 18.0 Å². The zero-order valence-corrected chi connectivity index (χ0v) is 23.3. The van der Waals surface area contributed by atoms with Crippen LogP contribution in [0.15, 0.2) is 84.9 Å². The Kier molecular flexibility index (Phi) is 9.38. The molecule has 0 aliphatic heterocycles. The highest BCUT2D eigenvalue weighted by atomic mass is 16.5. The molecule has 7 nitrogen and oxygen atoms in total. The van der Waals surface area contributed by atoms with Crippen LogP contribution in [0.1, 0.15) is 49.8 Å². The number of hydrogen-bond acceptors (Lipinski definition) is 7. The van der Waals surface area contributed by atoms with E-state index in [1.807, 2.05) is 84.9 Å². The van der Waals surface area contributed by atoms with Gasteiger partial charge in [0.1, 0.15) is 19.1 Å². The lowest BCUT2D eigenvalue weighted by Crippen LogP contribution is -2.55. The minimum absolute atomic E-state index is 0.00339. The molecule has 0 unspecified atom stereocenters. The summed E-state index contributed by atoms with van der Waals surface area (Å²) >= 11 is 0. The molecule has 0 bridgehead atoms. The summed E-state index contributed by atoms with van der Waals surface area (Å²) in [5, 5.41) is 11.4. The number of aliphatic hydroxyl groups is 1. The Balaban J connectivity index is 1.69. The van der Waals surface area contributed by atoms with Gasteiger partial charge in [0.25, 0.3) is 0 Å². The van der Waals surface area contributed by atoms with E-state index in [9.17, 15) is 19.5 Å². The van der Waals surface area contributed by atoms with Crippen LogP contribution in [0.5, 0.6) is 0 Å². The first-order valence-corrected chi connectivity index (χ1v) is 13.8. The van der Waals surface area contributed by atoms with Crippen molar-refractivity contribution in [3.63, 3.8) is 0 Å². The summed E-state index contributed by atoms with van der Waals surface area (Å²) < 4.78 is 11.3. The van der Waals surface area contributed by atoms with E-state index in [0.717, 1.165) is 29.9 Å². The molecule has 1 aliphatic rings. The molecule has 1 N–H and O–H groups in total. The summed E-state index contributed by atoms with van der Waals surface area (Å²) in [5.74, 6) is -5.25. The zero-order valence-electron chi connectivity index (χ0n) is 23.3. The van der Waals surface area contributed by atoms with Gasteiger partial charge in [0.05, 0.1) is 11.5 Å². The van der Waals surface area contributed by atoms with Crippen molar-refractivity contribution in [2.45, 2.75) is 51.9 Å². The van der Waals surface area contributed by atoms with Crippen LogP contribution in [0.4, 0.5) is 5.69 Å². The van der Waals surface area contributed by atoms with E-state index in [4.69, 9.17) is 9.47 Å². The smallest absolute Gasteiger partial charge is 0.317 e. The summed E-state index contributed by atoms with van der Waals surface area (Å²) in [6.45, 7) is 7.22. The Hall–Kier alpha value is -3.97. The van der Waals surface area contributed by atoms with E-state index in [1.165, 1.54) is 6.92 Å². The van der Waals surface area contributed by atoms with Gasteiger partial charge in [0.2, 0.25) is 0 Å². The molecule has 7 heteroatoms. The predicted octanol–water partition coefficient (Wildman–Crippen LogP) is 5.06. The minimum atomic E-state index is -1.72. The number of benzene rings is 3. The summed E-state index contributed by atoms with van der Waals surface area (Å²) in [5.41, 5.74) is 1.43. The monoisotopic (exact) mass is 543 g/mol. The van der Waals surface area contributed by atoms with Gasteiger partial charge in [-0.15, -0.1) is 0 Å². The highest BCUT2D eigenvalue weighted by Crippen LogP contribution is 2.47. The SMILES string of the molecule is CCN(CC)c1ccc([C@@H]2[C@H](C(=O)OCc3ccccc3)C(=O)C[C@](C)(O)[C@@H]2C(=O)OCc2ccccc2)cc1. The van der Waals surface area contributed by atoms with Gasteiger partial charge in [-0.05, 0) is 49.6 Å². The van der Waals surface area contributed by atoms with Crippen LogP contribution in [0.3, 0.4) is 0 Å². The van der Waals surface area contributed by atoms with Crippen LogP contribution in [0, 0.1) is 11.8 Å². The lowest BCUT2D eigenvalue weighted by molar-refractivity contribution is -0.174. The minimum Gasteiger partial charge on any atom is -0.461 e. The maximum atomic E-state index is 13.6. The number of rotatable bonds is 10. The van der Waals surface area contributed by atoms with Crippen LogP contribution in [0.2, 0.25) is 0 Å². The molecule has 3 aromatic rings. The average molecular weight is 544 g/mol. The molecule has 0 heterocycles. The Morgan fingerprint density at radius 1 is 0.825 bits per heavy atom. The van der Waals surface area contributed by atoms with Crippen LogP contribution in [-0.2, 0) is 37.1 Å². The second-order valence-electron chi connectivity index (χ2n) is 10.4. The van der Waals surface area contributed by atoms with Gasteiger partial charge >= 0.3 is 11.9 Å². The fourth-order valence-corrected chi connectivity index (χ4v) is 5.55. The standard InChI is InChI=1S/C33H37NO6/c1-4-34(5-2)26-18-16-25(17-19-26)28-29(31(36)39-21-23-12-8-6-9-13-23)27(35)20-33(3,38)30(28)32(37)40-22-24-14-10-7-11-15-24/h6-19,28-30,38H,4-5,20-22H2,1-3H3/t28-,29-,30+,33+/m1/s1. The number of carbonyl (C=O) groups excluding carboxylic acids is 3. The van der Waals surface area contributed by atoms with Crippen molar-refractivity contribution in [1.29, 1.82) is 0 Å². The van der Waals surface area contributed by atoms with Crippen molar-refractivity contribution in [3.8, 4) is 0 Å². The topological polar surface area (TPSA) is 93.1 Å². The fourth-order valence-electron chi connectivity index (χ4n) is 5.55. The molecule has 1 fully saturated rings. The normalized spacial score (nSPS) is 22.4. The van der Waals surface area contributed by atoms with E-state index < -0.39 is 41.1 Å². The van der Waals surface area contributed by atoms with Crippen LogP contribution >= 0.6 is 0 Å². The highest BCUT2D eigenvalue weighted by molar-refractivity contribution is 6.02. The second-order valence-corrected chi connectivity index (χ2v) is 10.4. The van der Waals surface area contributed by atoms with Crippen LogP contribution < -0.4 is 4.90 Å². The molecule has 4 rings (SSSR count). The van der Waals surface area contributed by atoms with Crippen LogP contribution in [-0.4, -0.2) is 41.5 Å². The lowest BCUT2D eigenvalue weighted by atomic mass is 9.61. The first-order chi connectivity index (χ1) is 19.2. The molecule has 0 radical (unpaired) electrons. The number of hydrogen-bond donors (Lipinski definition) is 1. The second kappa shape index (κ2) is 12.9. The van der Waals surface area contributed by atoms with Crippen molar-refractivity contribution in [3.05, 3.63) is 102 Å². The molecule has 0 amide bonds. The van der Waals surface area contributed by atoms with E-state index in [-0.39, 0.29) is 19.6 Å². The van der Waals surface area contributed by atoms with Crippen molar-refractivity contribution < 1.29 is 29.0 Å². The Bertz CT molecular complexity index is 1290. The number of carbonyl (C=O) groups is 3. The van der Waals surface area contributed by atoms with Gasteiger partial charge in [0, 0.05) is 31.1 Å². The number of ether oxygens (including phenoxy) is 2. The predicted molar refractivity (Wildman–Crippen MR) is 152 cm³/mol. The van der Waals surface area contributed by atoms with Gasteiger partial charge < -0.3 is 19.5 Å². The summed E-state index contributed by atoms with van der Waals surface area (Å²) in [7, 11) is 0. The van der Waals surface area contributed by atoms with Crippen molar-refractivity contribution in [1.82, 2.24) is 0 Å². The first kappa shape index (κ1) is 29.0. The number of nitrogens with zero attached hydrogens (tertiary/aromatic N) is 1. The average Bonchev–Trinajstić information content (AvgIpc) is 2.96. The molecule has 1 aliphatic carbocycles. The molecule has 40 heavy (non-hydrogen) atoms. The molecule has 210 valence electrons. The Morgan fingerprint density at radius 2 is 1.32 bits per heavy atom. The summed E-state index contributed by atoms with van der Waals surface area (Å²) in [4.78, 5) is 42.8. The van der Waals surface area contributed by atoms with E-state index in [1.54, 1.807) is 0 Å². The number of ketones is 1. The zero-order chi connectivity index (χ0) is 28.7. The van der Waals surface area contributed by atoms with Gasteiger partial charge in [-0.1, -0.05) is 72.8 Å². The van der Waals surface area contributed by atoms with Gasteiger partial charge in [0.15, 0.2) is 5.78 Å². The largest absolute Gasteiger partial charge is 0.461 e. The molecular weight excluding hydrogens is 506 g/mol. The van der Waals surface area contributed by atoms with E-state index in [2.05, 4.69) is 18.7 Å². The molecule has 0 aromatic heterocycles. The maximum Gasteiger partial charge on any atom is 0.317 e. The van der Waals surface area contributed by atoms with Crippen molar-refractivity contribution in [2.24, 2.45) is 11.8 Å². The third-order valence-electron chi connectivity index (χ3n) is 7.63. The lowest BCUT2D eigenvalue weighted by Gasteiger charge is -2.43.